The van der Waals surface area contributed by atoms with Crippen LogP contribution in [0.3, 0.4) is 0 Å². The van der Waals surface area contributed by atoms with Crippen molar-refractivity contribution in [3.63, 3.8) is 0 Å². The van der Waals surface area contributed by atoms with E-state index in [1.165, 1.54) is 24.5 Å². The number of nitrogens with zero attached hydrogens (tertiary/aromatic N) is 2. The number of hydrogen-bond acceptors (Lipinski definition) is 3. The SMILES string of the molecule is Cn1cnc(C(=O)Nc2ccc(C(=O)O)cc2Br)c1. The van der Waals surface area contributed by atoms with Gasteiger partial charge < -0.3 is 15.0 Å². The fourth-order valence-electron chi connectivity index (χ4n) is 1.47. The second-order valence-electron chi connectivity index (χ2n) is 3.88. The van der Waals surface area contributed by atoms with Gasteiger partial charge in [0.2, 0.25) is 0 Å². The molecule has 1 aromatic heterocycles. The van der Waals surface area contributed by atoms with Crippen LogP contribution < -0.4 is 5.32 Å². The first-order valence-electron chi connectivity index (χ1n) is 5.29. The van der Waals surface area contributed by atoms with Gasteiger partial charge in [0.15, 0.2) is 0 Å². The summed E-state index contributed by atoms with van der Waals surface area (Å²) in [7, 11) is 1.77. The molecule has 6 nitrogen and oxygen atoms in total. The fraction of sp³-hybridized carbons (Fsp3) is 0.0833. The highest BCUT2D eigenvalue weighted by Crippen LogP contribution is 2.24. The average Bonchev–Trinajstić information content (AvgIpc) is 2.78. The molecule has 0 bridgehead atoms. The number of hydrogen-bond donors (Lipinski definition) is 2. The van der Waals surface area contributed by atoms with E-state index in [-0.39, 0.29) is 17.2 Å². The molecule has 98 valence electrons. The molecule has 1 aromatic carbocycles. The summed E-state index contributed by atoms with van der Waals surface area (Å²) in [5.41, 5.74) is 0.917. The molecule has 0 saturated carbocycles. The van der Waals surface area contributed by atoms with Gasteiger partial charge in [-0.15, -0.1) is 0 Å². The van der Waals surface area contributed by atoms with Crippen LogP contribution >= 0.6 is 15.9 Å². The Balaban J connectivity index is 2.20. The number of anilines is 1. The summed E-state index contributed by atoms with van der Waals surface area (Å²) in [4.78, 5) is 26.6. The molecular weight excluding hydrogens is 314 g/mol. The van der Waals surface area contributed by atoms with E-state index in [4.69, 9.17) is 5.11 Å². The van der Waals surface area contributed by atoms with E-state index in [2.05, 4.69) is 26.2 Å². The third-order valence-corrected chi connectivity index (χ3v) is 3.06. The lowest BCUT2D eigenvalue weighted by atomic mass is 10.2. The lowest BCUT2D eigenvalue weighted by Gasteiger charge is -2.06. The normalized spacial score (nSPS) is 10.2. The number of aromatic carboxylic acids is 1. The summed E-state index contributed by atoms with van der Waals surface area (Å²) in [6.07, 6.45) is 3.12. The van der Waals surface area contributed by atoms with Crippen molar-refractivity contribution in [3.8, 4) is 0 Å². The van der Waals surface area contributed by atoms with Crippen LogP contribution in [0, 0.1) is 0 Å². The third-order valence-electron chi connectivity index (χ3n) is 2.40. The van der Waals surface area contributed by atoms with Gasteiger partial charge >= 0.3 is 5.97 Å². The molecule has 0 aliphatic carbocycles. The zero-order valence-corrected chi connectivity index (χ0v) is 11.5. The topological polar surface area (TPSA) is 84.2 Å². The number of aryl methyl sites for hydroxylation is 1. The van der Waals surface area contributed by atoms with Crippen molar-refractivity contribution in [2.24, 2.45) is 7.05 Å². The summed E-state index contributed by atoms with van der Waals surface area (Å²) in [5, 5.41) is 11.5. The molecule has 1 heterocycles. The number of carboxylic acids is 1. The van der Waals surface area contributed by atoms with Crippen LogP contribution in [-0.2, 0) is 7.05 Å². The Morgan fingerprint density at radius 3 is 2.68 bits per heavy atom. The number of halogens is 1. The predicted molar refractivity (Wildman–Crippen MR) is 72.3 cm³/mol. The summed E-state index contributed by atoms with van der Waals surface area (Å²) >= 11 is 3.22. The monoisotopic (exact) mass is 323 g/mol. The average molecular weight is 324 g/mol. The van der Waals surface area contributed by atoms with Gasteiger partial charge in [0, 0.05) is 17.7 Å². The predicted octanol–water partition coefficient (Wildman–Crippen LogP) is 2.13. The van der Waals surface area contributed by atoms with Gasteiger partial charge in [-0.3, -0.25) is 4.79 Å². The number of imidazole rings is 1. The van der Waals surface area contributed by atoms with Gasteiger partial charge in [0.1, 0.15) is 5.69 Å². The van der Waals surface area contributed by atoms with Crippen LogP contribution in [0.15, 0.2) is 35.2 Å². The molecule has 0 atom stereocenters. The van der Waals surface area contributed by atoms with Gasteiger partial charge in [-0.1, -0.05) is 0 Å². The van der Waals surface area contributed by atoms with Crippen LogP contribution in [-0.4, -0.2) is 26.5 Å². The van der Waals surface area contributed by atoms with E-state index in [1.54, 1.807) is 17.8 Å². The molecule has 19 heavy (non-hydrogen) atoms. The molecule has 2 aromatic rings. The minimum Gasteiger partial charge on any atom is -0.478 e. The number of rotatable bonds is 3. The van der Waals surface area contributed by atoms with Gasteiger partial charge in [-0.05, 0) is 34.1 Å². The Hall–Kier alpha value is -2.15. The number of carbonyl (C=O) groups excluding carboxylic acids is 1. The van der Waals surface area contributed by atoms with Crippen LogP contribution in [0.5, 0.6) is 0 Å². The van der Waals surface area contributed by atoms with Crippen molar-refractivity contribution in [1.82, 2.24) is 9.55 Å². The third kappa shape index (κ3) is 3.00. The van der Waals surface area contributed by atoms with Crippen molar-refractivity contribution >= 4 is 33.5 Å². The second kappa shape index (κ2) is 5.23. The molecule has 0 fully saturated rings. The van der Waals surface area contributed by atoms with E-state index in [9.17, 15) is 9.59 Å². The first kappa shape index (κ1) is 13.3. The summed E-state index contributed by atoms with van der Waals surface area (Å²) < 4.78 is 2.16. The van der Waals surface area contributed by atoms with Crippen LogP contribution in [0.25, 0.3) is 0 Å². The minimum atomic E-state index is -1.02. The highest BCUT2D eigenvalue weighted by atomic mass is 79.9. The number of carbonyl (C=O) groups is 2. The lowest BCUT2D eigenvalue weighted by molar-refractivity contribution is 0.0696. The maximum Gasteiger partial charge on any atom is 0.335 e. The molecule has 0 radical (unpaired) electrons. The van der Waals surface area contributed by atoms with Crippen molar-refractivity contribution in [3.05, 3.63) is 46.5 Å². The summed E-state index contributed by atoms with van der Waals surface area (Å²) in [6, 6.07) is 4.37. The van der Waals surface area contributed by atoms with Gasteiger partial charge in [0.25, 0.3) is 5.91 Å². The first-order chi connectivity index (χ1) is 8.97. The van der Waals surface area contributed by atoms with Crippen LogP contribution in [0.1, 0.15) is 20.8 Å². The summed E-state index contributed by atoms with van der Waals surface area (Å²) in [5.74, 6) is -1.38. The Morgan fingerprint density at radius 2 is 2.16 bits per heavy atom. The Labute approximate surface area is 117 Å². The quantitative estimate of drug-likeness (QED) is 0.906. The molecule has 0 aliphatic rings. The van der Waals surface area contributed by atoms with Crippen molar-refractivity contribution in [2.75, 3.05) is 5.32 Å². The Morgan fingerprint density at radius 1 is 1.42 bits per heavy atom. The molecule has 2 rings (SSSR count). The smallest absolute Gasteiger partial charge is 0.335 e. The number of benzene rings is 1. The fourth-order valence-corrected chi connectivity index (χ4v) is 1.94. The molecule has 0 spiro atoms. The molecule has 0 saturated heterocycles. The molecule has 0 aliphatic heterocycles. The number of amides is 1. The van der Waals surface area contributed by atoms with Crippen LogP contribution in [0.4, 0.5) is 5.69 Å². The van der Waals surface area contributed by atoms with Crippen molar-refractivity contribution in [1.29, 1.82) is 0 Å². The maximum atomic E-state index is 11.9. The minimum absolute atomic E-state index is 0.141. The number of aromatic nitrogens is 2. The number of nitrogens with one attached hydrogen (secondary N) is 1. The zero-order chi connectivity index (χ0) is 14.0. The van der Waals surface area contributed by atoms with E-state index in [1.807, 2.05) is 0 Å². The Kier molecular flexibility index (Phi) is 3.66. The molecular formula is C12H10BrN3O3. The standard InChI is InChI=1S/C12H10BrN3O3/c1-16-5-10(14-6-16)11(17)15-9-3-2-7(12(18)19)4-8(9)13/h2-6H,1H3,(H,15,17)(H,18,19). The van der Waals surface area contributed by atoms with Gasteiger partial charge in [-0.25, -0.2) is 9.78 Å². The van der Waals surface area contributed by atoms with E-state index < -0.39 is 5.97 Å². The zero-order valence-electron chi connectivity index (χ0n) is 9.92. The Bertz CT molecular complexity index is 651. The summed E-state index contributed by atoms with van der Waals surface area (Å²) in [6.45, 7) is 0. The first-order valence-corrected chi connectivity index (χ1v) is 6.09. The van der Waals surface area contributed by atoms with E-state index in [0.29, 0.717) is 10.2 Å². The van der Waals surface area contributed by atoms with E-state index in [0.717, 1.165) is 0 Å². The second-order valence-corrected chi connectivity index (χ2v) is 4.73. The van der Waals surface area contributed by atoms with E-state index >= 15 is 0 Å². The molecule has 7 heteroatoms. The van der Waals surface area contributed by atoms with Crippen LogP contribution in [0.2, 0.25) is 0 Å². The molecule has 0 unspecified atom stereocenters. The van der Waals surface area contributed by atoms with Gasteiger partial charge in [-0.2, -0.15) is 0 Å². The highest BCUT2D eigenvalue weighted by Gasteiger charge is 2.12. The molecule has 2 N–H and O–H groups in total. The maximum absolute atomic E-state index is 11.9. The largest absolute Gasteiger partial charge is 0.478 e. The highest BCUT2D eigenvalue weighted by molar-refractivity contribution is 9.10. The van der Waals surface area contributed by atoms with Gasteiger partial charge in [0.05, 0.1) is 17.6 Å². The van der Waals surface area contributed by atoms with Crippen molar-refractivity contribution < 1.29 is 14.7 Å². The number of carboxylic acid groups (broad SMARTS) is 1. The molecule has 1 amide bonds. The van der Waals surface area contributed by atoms with Crippen molar-refractivity contribution in [2.45, 2.75) is 0 Å². The lowest BCUT2D eigenvalue weighted by Crippen LogP contribution is -2.13.